The van der Waals surface area contributed by atoms with E-state index in [9.17, 15) is 4.79 Å². The van der Waals surface area contributed by atoms with Gasteiger partial charge in [-0.1, -0.05) is 12.2 Å². The van der Waals surface area contributed by atoms with Gasteiger partial charge < -0.3 is 4.57 Å². The third kappa shape index (κ3) is 1.65. The maximum Gasteiger partial charge on any atom is 0.164 e. The van der Waals surface area contributed by atoms with Gasteiger partial charge in [-0.15, -0.1) is 0 Å². The second-order valence-corrected chi connectivity index (χ2v) is 4.10. The molecule has 0 aromatic carbocycles. The van der Waals surface area contributed by atoms with E-state index in [2.05, 4.69) is 17.3 Å². The van der Waals surface area contributed by atoms with E-state index in [4.69, 9.17) is 0 Å². The lowest BCUT2D eigenvalue weighted by atomic mass is 9.95. The number of aryl methyl sites for hydroxylation is 1. The van der Waals surface area contributed by atoms with Gasteiger partial charge in [0.25, 0.3) is 0 Å². The highest BCUT2D eigenvalue weighted by Gasteiger charge is 2.18. The molecule has 1 aliphatic rings. The molecule has 0 unspecified atom stereocenters. The van der Waals surface area contributed by atoms with Gasteiger partial charge in [0.2, 0.25) is 0 Å². The molecular formula is C12H15NO. The summed E-state index contributed by atoms with van der Waals surface area (Å²) in [5.74, 6) is 0.298. The smallest absolute Gasteiger partial charge is 0.164 e. The molecule has 0 radical (unpaired) electrons. The summed E-state index contributed by atoms with van der Waals surface area (Å²) < 4.78 is 2.07. The van der Waals surface area contributed by atoms with Crippen LogP contribution in [0.1, 0.15) is 35.7 Å². The van der Waals surface area contributed by atoms with Crippen molar-refractivity contribution in [2.24, 2.45) is 0 Å². The number of aromatic nitrogens is 1. The Kier molecular flexibility index (Phi) is 2.28. The zero-order valence-corrected chi connectivity index (χ0v) is 8.55. The molecule has 1 heterocycles. The Hall–Kier alpha value is -1.31. The van der Waals surface area contributed by atoms with Crippen LogP contribution >= 0.6 is 0 Å². The van der Waals surface area contributed by atoms with E-state index < -0.39 is 0 Å². The molecule has 0 N–H and O–H groups in total. The van der Waals surface area contributed by atoms with Crippen LogP contribution < -0.4 is 0 Å². The van der Waals surface area contributed by atoms with Gasteiger partial charge in [-0.3, -0.25) is 4.79 Å². The van der Waals surface area contributed by atoms with E-state index in [1.807, 2.05) is 13.1 Å². The fourth-order valence-corrected chi connectivity index (χ4v) is 1.98. The summed E-state index contributed by atoms with van der Waals surface area (Å²) in [4.78, 5) is 11.5. The summed E-state index contributed by atoms with van der Waals surface area (Å²) in [6.07, 6.45) is 6.81. The minimum Gasteiger partial charge on any atom is -0.349 e. The topological polar surface area (TPSA) is 22.0 Å². The third-order valence-corrected chi connectivity index (χ3v) is 2.57. The van der Waals surface area contributed by atoms with Gasteiger partial charge in [-0.05, 0) is 25.3 Å². The maximum absolute atomic E-state index is 11.5. The monoisotopic (exact) mass is 189 g/mol. The Balaban J connectivity index is 2.30. The molecule has 0 fully saturated rings. The lowest BCUT2D eigenvalue weighted by molar-refractivity contribution is 0.0973. The summed E-state index contributed by atoms with van der Waals surface area (Å²) in [7, 11) is 0. The van der Waals surface area contributed by atoms with Crippen LogP contribution in [0.5, 0.6) is 0 Å². The van der Waals surface area contributed by atoms with Crippen LogP contribution in [0.4, 0.5) is 0 Å². The number of carbonyl (C=O) groups excluding carboxylic acids is 1. The molecular weight excluding hydrogens is 174 g/mol. The number of ketones is 1. The van der Waals surface area contributed by atoms with Crippen molar-refractivity contribution in [1.29, 1.82) is 0 Å². The molecule has 14 heavy (non-hydrogen) atoms. The lowest BCUT2D eigenvalue weighted by Crippen LogP contribution is -2.07. The number of rotatable bonds is 2. The molecule has 1 aromatic rings. The summed E-state index contributed by atoms with van der Waals surface area (Å²) in [5, 5.41) is 0. The van der Waals surface area contributed by atoms with E-state index >= 15 is 0 Å². The van der Waals surface area contributed by atoms with Crippen LogP contribution in [-0.2, 0) is 13.0 Å². The maximum atomic E-state index is 11.5. The van der Waals surface area contributed by atoms with Gasteiger partial charge in [-0.25, -0.2) is 0 Å². The molecule has 2 nitrogen and oxygen atoms in total. The first-order chi connectivity index (χ1) is 6.66. The molecule has 0 spiro atoms. The van der Waals surface area contributed by atoms with Crippen LogP contribution in [0.15, 0.2) is 24.5 Å². The van der Waals surface area contributed by atoms with Gasteiger partial charge in [-0.2, -0.15) is 0 Å². The van der Waals surface area contributed by atoms with Gasteiger partial charge in [0.05, 0.1) is 0 Å². The van der Waals surface area contributed by atoms with Gasteiger partial charge >= 0.3 is 0 Å². The van der Waals surface area contributed by atoms with Gasteiger partial charge in [0, 0.05) is 30.9 Å². The molecule has 0 aliphatic heterocycles. The largest absolute Gasteiger partial charge is 0.349 e. The number of allylic oxidation sites excluding steroid dienone is 1. The van der Waals surface area contributed by atoms with E-state index in [0.29, 0.717) is 12.2 Å². The molecule has 2 heteroatoms. The molecule has 2 rings (SSSR count). The third-order valence-electron chi connectivity index (χ3n) is 2.57. The van der Waals surface area contributed by atoms with Crippen molar-refractivity contribution in [2.75, 3.05) is 0 Å². The first kappa shape index (κ1) is 9.25. The summed E-state index contributed by atoms with van der Waals surface area (Å²) >= 11 is 0. The van der Waals surface area contributed by atoms with Gasteiger partial charge in [0.15, 0.2) is 5.78 Å². The zero-order chi connectivity index (χ0) is 10.1. The van der Waals surface area contributed by atoms with Crippen LogP contribution in [-0.4, -0.2) is 10.4 Å². The lowest BCUT2D eigenvalue weighted by Gasteiger charge is -2.07. The second-order valence-electron chi connectivity index (χ2n) is 4.10. The predicted molar refractivity (Wildman–Crippen MR) is 56.5 cm³/mol. The molecule has 1 aliphatic carbocycles. The van der Waals surface area contributed by atoms with Crippen LogP contribution in [0.25, 0.3) is 0 Å². The Morgan fingerprint density at radius 1 is 1.50 bits per heavy atom. The fraction of sp³-hybridized carbons (Fsp3) is 0.417. The number of fused-ring (bicyclic) bond motifs is 1. The van der Waals surface area contributed by atoms with Crippen molar-refractivity contribution in [3.05, 3.63) is 35.7 Å². The summed E-state index contributed by atoms with van der Waals surface area (Å²) in [6.45, 7) is 6.69. The zero-order valence-electron chi connectivity index (χ0n) is 8.55. The molecule has 0 atom stereocenters. The van der Waals surface area contributed by atoms with Gasteiger partial charge in [0.1, 0.15) is 0 Å². The first-order valence-corrected chi connectivity index (χ1v) is 5.03. The van der Waals surface area contributed by atoms with Crippen molar-refractivity contribution >= 4 is 5.78 Å². The predicted octanol–water partition coefficient (Wildman–Crippen LogP) is 2.58. The van der Waals surface area contributed by atoms with Crippen molar-refractivity contribution < 1.29 is 4.79 Å². The summed E-state index contributed by atoms with van der Waals surface area (Å²) in [5.41, 5.74) is 3.25. The second kappa shape index (κ2) is 3.45. The normalized spacial score (nSPS) is 15.4. The number of hydrogen-bond donors (Lipinski definition) is 0. The minimum absolute atomic E-state index is 0.298. The van der Waals surface area contributed by atoms with Crippen molar-refractivity contribution in [2.45, 2.75) is 32.7 Å². The van der Waals surface area contributed by atoms with Crippen molar-refractivity contribution in [3.8, 4) is 0 Å². The Labute approximate surface area is 84.2 Å². The summed E-state index contributed by atoms with van der Waals surface area (Å²) in [6, 6.07) is 0. The van der Waals surface area contributed by atoms with Crippen LogP contribution in [0.3, 0.4) is 0 Å². The molecule has 0 saturated heterocycles. The number of carbonyl (C=O) groups is 1. The highest BCUT2D eigenvalue weighted by Crippen LogP contribution is 2.22. The van der Waals surface area contributed by atoms with Crippen LogP contribution in [0.2, 0.25) is 0 Å². The fourth-order valence-electron chi connectivity index (χ4n) is 1.98. The van der Waals surface area contributed by atoms with E-state index in [0.717, 1.165) is 30.5 Å². The Morgan fingerprint density at radius 3 is 2.93 bits per heavy atom. The molecule has 74 valence electrons. The molecule has 0 amide bonds. The first-order valence-electron chi connectivity index (χ1n) is 5.03. The molecule has 0 saturated carbocycles. The molecule has 0 bridgehead atoms. The minimum atomic E-state index is 0.298. The van der Waals surface area contributed by atoms with E-state index in [1.165, 1.54) is 5.56 Å². The molecule has 1 aromatic heterocycles. The standard InChI is InChI=1S/C12H15NO/c1-9(2)6-13-7-10-4-3-5-12(14)11(10)8-13/h7-8H,1,3-6H2,2H3. The highest BCUT2D eigenvalue weighted by atomic mass is 16.1. The average Bonchev–Trinajstić information content (AvgIpc) is 2.47. The highest BCUT2D eigenvalue weighted by molar-refractivity contribution is 5.98. The average molecular weight is 189 g/mol. The number of hydrogen-bond acceptors (Lipinski definition) is 1. The van der Waals surface area contributed by atoms with Crippen molar-refractivity contribution in [1.82, 2.24) is 4.57 Å². The van der Waals surface area contributed by atoms with E-state index in [-0.39, 0.29) is 0 Å². The SMILES string of the molecule is C=C(C)Cn1cc2c(c1)C(=O)CCC2. The van der Waals surface area contributed by atoms with E-state index in [1.54, 1.807) is 0 Å². The quantitative estimate of drug-likeness (QED) is 0.655. The number of Topliss-reactive ketones (excluding diaryl/α,β-unsaturated/α-hetero) is 1. The van der Waals surface area contributed by atoms with Crippen molar-refractivity contribution in [3.63, 3.8) is 0 Å². The number of nitrogens with zero attached hydrogens (tertiary/aromatic N) is 1. The Morgan fingerprint density at radius 2 is 2.29 bits per heavy atom. The Bertz CT molecular complexity index is 387. The van der Waals surface area contributed by atoms with Crippen LogP contribution in [0, 0.1) is 0 Å².